The van der Waals surface area contributed by atoms with Gasteiger partial charge in [0.2, 0.25) is 0 Å². The van der Waals surface area contributed by atoms with Crippen molar-refractivity contribution in [3.05, 3.63) is 65.4 Å². The first kappa shape index (κ1) is 18.4. The van der Waals surface area contributed by atoms with Crippen molar-refractivity contribution in [3.8, 4) is 5.75 Å². The van der Waals surface area contributed by atoms with Crippen molar-refractivity contribution < 1.29 is 13.9 Å². The Morgan fingerprint density at radius 2 is 1.90 bits per heavy atom. The molecule has 1 saturated heterocycles. The Balaban J connectivity index is 1.20. The summed E-state index contributed by atoms with van der Waals surface area (Å²) in [5.41, 5.74) is 2.95. The van der Waals surface area contributed by atoms with Crippen LogP contribution in [-0.2, 0) is 13.0 Å². The van der Waals surface area contributed by atoms with Crippen LogP contribution in [0, 0.1) is 11.8 Å². The van der Waals surface area contributed by atoms with Crippen molar-refractivity contribution in [2.24, 2.45) is 11.8 Å². The number of ketones is 1. The monoisotopic (exact) mass is 389 g/mol. The molecule has 0 amide bonds. The summed E-state index contributed by atoms with van der Waals surface area (Å²) in [6.45, 7) is 3.26. The summed E-state index contributed by atoms with van der Waals surface area (Å²) in [6, 6.07) is 16.4. The minimum atomic E-state index is 0.0842. The largest absolute Gasteiger partial charge is 0.497 e. The molecule has 1 atom stereocenters. The Bertz CT molecular complexity index is 1020. The molecule has 0 spiro atoms. The van der Waals surface area contributed by atoms with Crippen molar-refractivity contribution in [2.45, 2.75) is 32.2 Å². The maximum absolute atomic E-state index is 13.1. The van der Waals surface area contributed by atoms with Crippen LogP contribution in [0.25, 0.3) is 11.0 Å². The van der Waals surface area contributed by atoms with E-state index in [4.69, 9.17) is 9.15 Å². The average Bonchev–Trinajstić information content (AvgIpc) is 3.25. The zero-order valence-corrected chi connectivity index (χ0v) is 16.9. The van der Waals surface area contributed by atoms with Gasteiger partial charge >= 0.3 is 0 Å². The maximum atomic E-state index is 13.1. The summed E-state index contributed by atoms with van der Waals surface area (Å²) in [6.07, 6.45) is 4.08. The zero-order chi connectivity index (χ0) is 19.8. The van der Waals surface area contributed by atoms with E-state index in [1.165, 1.54) is 18.4 Å². The van der Waals surface area contributed by atoms with Crippen LogP contribution < -0.4 is 4.74 Å². The van der Waals surface area contributed by atoms with Crippen LogP contribution in [0.4, 0.5) is 0 Å². The summed E-state index contributed by atoms with van der Waals surface area (Å²) < 4.78 is 11.3. The van der Waals surface area contributed by atoms with Crippen LogP contribution in [0.1, 0.15) is 40.9 Å². The molecule has 150 valence electrons. The zero-order valence-electron chi connectivity index (χ0n) is 16.9. The minimum absolute atomic E-state index is 0.0842. The lowest BCUT2D eigenvalue weighted by Gasteiger charge is -2.32. The van der Waals surface area contributed by atoms with Crippen LogP contribution in [0.15, 0.2) is 52.9 Å². The highest BCUT2D eigenvalue weighted by atomic mass is 16.5. The predicted molar refractivity (Wildman–Crippen MR) is 113 cm³/mol. The number of hydrogen-bond acceptors (Lipinski definition) is 4. The third-order valence-corrected chi connectivity index (χ3v) is 6.59. The van der Waals surface area contributed by atoms with Gasteiger partial charge in [-0.05, 0) is 56.0 Å². The van der Waals surface area contributed by atoms with Gasteiger partial charge in [0.1, 0.15) is 17.1 Å². The predicted octanol–water partition coefficient (Wildman–Crippen LogP) is 5.10. The summed E-state index contributed by atoms with van der Waals surface area (Å²) in [7, 11) is 1.64. The number of hydrogen-bond donors (Lipinski definition) is 0. The number of Topliss-reactive ketones (excluding diaryl/α,β-unsaturated/α-hetero) is 1. The number of carbonyl (C=O) groups is 1. The van der Waals surface area contributed by atoms with E-state index in [2.05, 4.69) is 35.2 Å². The molecular formula is C25H27NO3. The van der Waals surface area contributed by atoms with E-state index >= 15 is 0 Å². The number of nitrogens with zero attached hydrogens (tertiary/aromatic N) is 1. The van der Waals surface area contributed by atoms with Crippen molar-refractivity contribution in [1.82, 2.24) is 4.90 Å². The number of fused-ring (bicyclic) bond motifs is 3. The molecule has 0 saturated carbocycles. The molecule has 4 heteroatoms. The van der Waals surface area contributed by atoms with E-state index in [1.807, 2.05) is 18.2 Å². The first-order valence-electron chi connectivity index (χ1n) is 10.6. The summed E-state index contributed by atoms with van der Waals surface area (Å²) in [4.78, 5) is 15.6. The number of carbonyl (C=O) groups excluding carboxylic acids is 1. The average molecular weight is 389 g/mol. The Kier molecular flexibility index (Phi) is 4.88. The maximum Gasteiger partial charge on any atom is 0.170 e. The molecule has 2 heterocycles. The van der Waals surface area contributed by atoms with Crippen LogP contribution >= 0.6 is 0 Å². The second-order valence-corrected chi connectivity index (χ2v) is 8.47. The molecule has 0 N–H and O–H groups in total. The fraction of sp³-hybridized carbons (Fsp3) is 0.400. The second kappa shape index (κ2) is 7.68. The van der Waals surface area contributed by atoms with E-state index in [1.54, 1.807) is 7.11 Å². The number of furan rings is 1. The minimum Gasteiger partial charge on any atom is -0.497 e. The molecule has 0 bridgehead atoms. The van der Waals surface area contributed by atoms with Crippen LogP contribution in [-0.4, -0.2) is 30.9 Å². The molecule has 1 aliphatic heterocycles. The summed E-state index contributed by atoms with van der Waals surface area (Å²) in [5, 5.41) is 0.936. The van der Waals surface area contributed by atoms with Gasteiger partial charge < -0.3 is 9.15 Å². The molecule has 2 aliphatic rings. The number of piperidine rings is 1. The Morgan fingerprint density at radius 3 is 2.66 bits per heavy atom. The standard InChI is InChI=1S/C25H27NO3/c1-28-20-7-8-21-22(15-20)29-23-14-19(25(27)24(21)23)13-17-9-11-26(12-10-17)16-18-5-3-2-4-6-18/h2-8,15,17,19H,9-14,16H2,1H3. The normalized spacial score (nSPS) is 20.3. The molecule has 1 aromatic heterocycles. The second-order valence-electron chi connectivity index (χ2n) is 8.47. The van der Waals surface area contributed by atoms with Gasteiger partial charge in [0.05, 0.1) is 12.7 Å². The molecule has 1 aliphatic carbocycles. The smallest absolute Gasteiger partial charge is 0.170 e. The molecule has 1 unspecified atom stereocenters. The third-order valence-electron chi connectivity index (χ3n) is 6.59. The van der Waals surface area contributed by atoms with Gasteiger partial charge in [-0.1, -0.05) is 30.3 Å². The number of rotatable bonds is 5. The highest BCUT2D eigenvalue weighted by molar-refractivity contribution is 6.11. The quantitative estimate of drug-likeness (QED) is 0.609. The Labute approximate surface area is 171 Å². The van der Waals surface area contributed by atoms with Crippen LogP contribution in [0.5, 0.6) is 5.75 Å². The van der Waals surface area contributed by atoms with Gasteiger partial charge in [-0.15, -0.1) is 0 Å². The van der Waals surface area contributed by atoms with E-state index < -0.39 is 0 Å². The van der Waals surface area contributed by atoms with Crippen molar-refractivity contribution >= 4 is 16.8 Å². The highest BCUT2D eigenvalue weighted by Crippen LogP contribution is 2.40. The first-order valence-corrected chi connectivity index (χ1v) is 10.6. The van der Waals surface area contributed by atoms with E-state index in [0.29, 0.717) is 5.92 Å². The van der Waals surface area contributed by atoms with Gasteiger partial charge in [-0.2, -0.15) is 0 Å². The van der Waals surface area contributed by atoms with E-state index in [-0.39, 0.29) is 11.7 Å². The number of benzene rings is 2. The number of likely N-dealkylation sites (tertiary alicyclic amines) is 1. The van der Waals surface area contributed by atoms with E-state index in [0.717, 1.165) is 60.5 Å². The Hall–Kier alpha value is -2.59. The van der Waals surface area contributed by atoms with Gasteiger partial charge in [0.15, 0.2) is 5.78 Å². The number of methoxy groups -OCH3 is 1. The molecule has 29 heavy (non-hydrogen) atoms. The number of ether oxygens (including phenoxy) is 1. The Morgan fingerprint density at radius 1 is 1.10 bits per heavy atom. The van der Waals surface area contributed by atoms with Crippen LogP contribution in [0.3, 0.4) is 0 Å². The molecule has 3 aromatic rings. The van der Waals surface area contributed by atoms with Gasteiger partial charge in [-0.25, -0.2) is 0 Å². The fourth-order valence-electron chi connectivity index (χ4n) is 5.00. The lowest BCUT2D eigenvalue weighted by atomic mass is 9.85. The molecule has 0 radical (unpaired) electrons. The van der Waals surface area contributed by atoms with Gasteiger partial charge in [-0.3, -0.25) is 9.69 Å². The highest BCUT2D eigenvalue weighted by Gasteiger charge is 2.37. The fourth-order valence-corrected chi connectivity index (χ4v) is 5.00. The first-order chi connectivity index (χ1) is 14.2. The van der Waals surface area contributed by atoms with Crippen molar-refractivity contribution in [3.63, 3.8) is 0 Å². The third kappa shape index (κ3) is 3.58. The lowest BCUT2D eigenvalue weighted by Crippen LogP contribution is -2.34. The van der Waals surface area contributed by atoms with Crippen molar-refractivity contribution in [2.75, 3.05) is 20.2 Å². The molecule has 2 aromatic carbocycles. The van der Waals surface area contributed by atoms with Crippen molar-refractivity contribution in [1.29, 1.82) is 0 Å². The van der Waals surface area contributed by atoms with E-state index in [9.17, 15) is 4.79 Å². The summed E-state index contributed by atoms with van der Waals surface area (Å²) in [5.74, 6) is 2.61. The SMILES string of the molecule is COc1ccc2c3c(oc2c1)CC(CC1CCN(Cc2ccccc2)CC1)C3=O. The molecule has 5 rings (SSSR count). The summed E-state index contributed by atoms with van der Waals surface area (Å²) >= 11 is 0. The lowest BCUT2D eigenvalue weighted by molar-refractivity contribution is 0.0896. The molecular weight excluding hydrogens is 362 g/mol. The topological polar surface area (TPSA) is 42.7 Å². The van der Waals surface area contributed by atoms with Gasteiger partial charge in [0.25, 0.3) is 0 Å². The van der Waals surface area contributed by atoms with Gasteiger partial charge in [0, 0.05) is 30.3 Å². The molecule has 4 nitrogen and oxygen atoms in total. The molecule has 1 fully saturated rings. The van der Waals surface area contributed by atoms with Crippen LogP contribution in [0.2, 0.25) is 0 Å².